The number of unbranched alkanes of at least 4 members (excludes halogenated alkanes) is 1. The first-order valence-electron chi connectivity index (χ1n) is 8.31. The standard InChI is InChI=1S/C18H18BrN5O3/c19-12-6-7-13(18(25)26)15(10-12)27-9-2-1-8-24-11-21-23-17(24)14-4-3-5-16(20)22-14/h3-7,10-11H,1-2,8-9H2,(H2,20,22)(H,25,26). The Bertz CT molecular complexity index is 944. The Kier molecular flexibility index (Phi) is 6.02. The first-order chi connectivity index (χ1) is 13.0. The Morgan fingerprint density at radius 1 is 1.26 bits per heavy atom. The van der Waals surface area contributed by atoms with Crippen LogP contribution in [0.3, 0.4) is 0 Å². The SMILES string of the molecule is Nc1cccc(-c2nncn2CCCCOc2cc(Br)ccc2C(=O)O)n1. The van der Waals surface area contributed by atoms with Gasteiger partial charge < -0.3 is 20.1 Å². The summed E-state index contributed by atoms with van der Waals surface area (Å²) < 4.78 is 8.33. The lowest BCUT2D eigenvalue weighted by Gasteiger charge is -2.10. The molecule has 3 aromatic rings. The highest BCUT2D eigenvalue weighted by Crippen LogP contribution is 2.24. The maximum absolute atomic E-state index is 11.2. The number of nitrogens with zero attached hydrogens (tertiary/aromatic N) is 4. The van der Waals surface area contributed by atoms with Crippen LogP contribution >= 0.6 is 15.9 Å². The number of benzene rings is 1. The molecule has 0 fully saturated rings. The van der Waals surface area contributed by atoms with E-state index in [4.69, 9.17) is 10.5 Å². The molecule has 2 aromatic heterocycles. The normalized spacial score (nSPS) is 10.7. The van der Waals surface area contributed by atoms with Gasteiger partial charge in [0.1, 0.15) is 29.2 Å². The first kappa shape index (κ1) is 18.8. The fraction of sp³-hybridized carbons (Fsp3) is 0.222. The van der Waals surface area contributed by atoms with Gasteiger partial charge in [-0.3, -0.25) is 0 Å². The molecule has 140 valence electrons. The Balaban J connectivity index is 1.54. The summed E-state index contributed by atoms with van der Waals surface area (Å²) >= 11 is 3.32. The van der Waals surface area contributed by atoms with E-state index in [2.05, 4.69) is 31.1 Å². The number of aryl methyl sites for hydroxylation is 1. The molecule has 0 saturated heterocycles. The van der Waals surface area contributed by atoms with Crippen LogP contribution in [0.15, 0.2) is 47.2 Å². The summed E-state index contributed by atoms with van der Waals surface area (Å²) in [7, 11) is 0. The summed E-state index contributed by atoms with van der Waals surface area (Å²) in [5.74, 6) is 0.425. The maximum Gasteiger partial charge on any atom is 0.339 e. The van der Waals surface area contributed by atoms with E-state index in [0.29, 0.717) is 36.2 Å². The molecular formula is C18H18BrN5O3. The lowest BCUT2D eigenvalue weighted by atomic mass is 10.2. The molecule has 1 aromatic carbocycles. The number of hydrogen-bond acceptors (Lipinski definition) is 6. The number of aromatic nitrogens is 4. The number of carboxylic acid groups (broad SMARTS) is 1. The van der Waals surface area contributed by atoms with E-state index in [-0.39, 0.29) is 5.56 Å². The smallest absolute Gasteiger partial charge is 0.339 e. The fourth-order valence-corrected chi connectivity index (χ4v) is 2.89. The zero-order valence-corrected chi connectivity index (χ0v) is 16.0. The van der Waals surface area contributed by atoms with Gasteiger partial charge in [0.25, 0.3) is 0 Å². The largest absolute Gasteiger partial charge is 0.493 e. The minimum atomic E-state index is -1.01. The summed E-state index contributed by atoms with van der Waals surface area (Å²) in [5, 5.41) is 17.3. The quantitative estimate of drug-likeness (QED) is 0.525. The number of hydrogen-bond donors (Lipinski definition) is 2. The molecule has 2 heterocycles. The lowest BCUT2D eigenvalue weighted by Crippen LogP contribution is -2.06. The molecule has 3 N–H and O–H groups in total. The molecule has 0 saturated carbocycles. The highest BCUT2D eigenvalue weighted by molar-refractivity contribution is 9.10. The number of nitrogen functional groups attached to an aromatic ring is 1. The summed E-state index contributed by atoms with van der Waals surface area (Å²) in [6.07, 6.45) is 3.20. The summed E-state index contributed by atoms with van der Waals surface area (Å²) in [4.78, 5) is 15.5. The molecular weight excluding hydrogens is 414 g/mol. The van der Waals surface area contributed by atoms with Gasteiger partial charge in [0.05, 0.1) is 6.61 Å². The van der Waals surface area contributed by atoms with Crippen molar-refractivity contribution >= 4 is 27.7 Å². The van der Waals surface area contributed by atoms with E-state index in [1.165, 1.54) is 6.07 Å². The van der Waals surface area contributed by atoms with Crippen molar-refractivity contribution in [2.75, 3.05) is 12.3 Å². The predicted molar refractivity (Wildman–Crippen MR) is 103 cm³/mol. The Morgan fingerprint density at radius 3 is 2.89 bits per heavy atom. The Hall–Kier alpha value is -2.94. The van der Waals surface area contributed by atoms with Gasteiger partial charge in [-0.1, -0.05) is 22.0 Å². The van der Waals surface area contributed by atoms with Crippen molar-refractivity contribution in [1.29, 1.82) is 0 Å². The number of rotatable bonds is 8. The predicted octanol–water partition coefficient (Wildman–Crippen LogP) is 3.24. The molecule has 0 radical (unpaired) electrons. The van der Waals surface area contributed by atoms with Gasteiger partial charge in [-0.25, -0.2) is 9.78 Å². The third-order valence-corrected chi connectivity index (χ3v) is 4.33. The van der Waals surface area contributed by atoms with Crippen LogP contribution in [0.2, 0.25) is 0 Å². The van der Waals surface area contributed by atoms with E-state index in [1.807, 2.05) is 16.7 Å². The second-order valence-corrected chi connectivity index (χ2v) is 6.71. The number of nitrogens with two attached hydrogens (primary N) is 1. The first-order valence-corrected chi connectivity index (χ1v) is 9.10. The summed E-state index contributed by atoms with van der Waals surface area (Å²) in [6, 6.07) is 10.2. The number of carbonyl (C=O) groups is 1. The minimum Gasteiger partial charge on any atom is -0.493 e. The Labute approximate surface area is 164 Å². The highest BCUT2D eigenvalue weighted by atomic mass is 79.9. The molecule has 3 rings (SSSR count). The average Bonchev–Trinajstić information content (AvgIpc) is 3.10. The fourth-order valence-electron chi connectivity index (χ4n) is 2.55. The molecule has 8 nitrogen and oxygen atoms in total. The minimum absolute atomic E-state index is 0.145. The van der Waals surface area contributed by atoms with Gasteiger partial charge >= 0.3 is 5.97 Å². The zero-order valence-electron chi connectivity index (χ0n) is 14.4. The van der Waals surface area contributed by atoms with Crippen molar-refractivity contribution in [3.8, 4) is 17.3 Å². The molecule has 27 heavy (non-hydrogen) atoms. The Morgan fingerprint density at radius 2 is 2.11 bits per heavy atom. The van der Waals surface area contributed by atoms with Crippen molar-refractivity contribution in [1.82, 2.24) is 19.7 Å². The van der Waals surface area contributed by atoms with E-state index < -0.39 is 5.97 Å². The van der Waals surface area contributed by atoms with E-state index in [1.54, 1.807) is 24.5 Å². The molecule has 0 aliphatic heterocycles. The highest BCUT2D eigenvalue weighted by Gasteiger charge is 2.12. The number of ether oxygens (including phenoxy) is 1. The van der Waals surface area contributed by atoms with Gasteiger partial charge in [-0.2, -0.15) is 0 Å². The number of carboxylic acids is 1. The lowest BCUT2D eigenvalue weighted by molar-refractivity contribution is 0.0692. The second kappa shape index (κ2) is 8.63. The van der Waals surface area contributed by atoms with Crippen molar-refractivity contribution < 1.29 is 14.6 Å². The van der Waals surface area contributed by atoms with Crippen LogP contribution in [0.1, 0.15) is 23.2 Å². The van der Waals surface area contributed by atoms with Crippen LogP contribution in [0.4, 0.5) is 5.82 Å². The van der Waals surface area contributed by atoms with Gasteiger partial charge in [0, 0.05) is 11.0 Å². The van der Waals surface area contributed by atoms with Gasteiger partial charge in [0.2, 0.25) is 0 Å². The number of aromatic carboxylic acids is 1. The van der Waals surface area contributed by atoms with Gasteiger partial charge in [0.15, 0.2) is 5.82 Å². The second-order valence-electron chi connectivity index (χ2n) is 5.80. The molecule has 0 amide bonds. The van der Waals surface area contributed by atoms with Crippen molar-refractivity contribution in [3.63, 3.8) is 0 Å². The summed E-state index contributed by atoms with van der Waals surface area (Å²) in [5.41, 5.74) is 6.54. The van der Waals surface area contributed by atoms with Crippen LogP contribution in [0.25, 0.3) is 11.5 Å². The van der Waals surface area contributed by atoms with Crippen LogP contribution < -0.4 is 10.5 Å². The van der Waals surface area contributed by atoms with E-state index in [0.717, 1.165) is 17.3 Å². The summed E-state index contributed by atoms with van der Waals surface area (Å²) in [6.45, 7) is 1.09. The van der Waals surface area contributed by atoms with E-state index in [9.17, 15) is 9.90 Å². The molecule has 0 atom stereocenters. The van der Waals surface area contributed by atoms with Gasteiger partial charge in [-0.15, -0.1) is 10.2 Å². The molecule has 0 spiro atoms. The molecule has 0 aliphatic carbocycles. The van der Waals surface area contributed by atoms with Crippen LogP contribution in [-0.2, 0) is 6.54 Å². The topological polar surface area (TPSA) is 116 Å². The van der Waals surface area contributed by atoms with Crippen molar-refractivity contribution in [3.05, 3.63) is 52.8 Å². The third-order valence-electron chi connectivity index (χ3n) is 3.84. The third kappa shape index (κ3) is 4.82. The maximum atomic E-state index is 11.2. The average molecular weight is 432 g/mol. The number of anilines is 1. The molecule has 0 aliphatic rings. The van der Waals surface area contributed by atoms with Gasteiger partial charge in [-0.05, 0) is 43.2 Å². The number of halogens is 1. The number of pyridine rings is 1. The van der Waals surface area contributed by atoms with Crippen molar-refractivity contribution in [2.24, 2.45) is 0 Å². The monoisotopic (exact) mass is 431 g/mol. The molecule has 0 unspecified atom stereocenters. The molecule has 0 bridgehead atoms. The van der Waals surface area contributed by atoms with Crippen LogP contribution in [-0.4, -0.2) is 37.4 Å². The van der Waals surface area contributed by atoms with E-state index >= 15 is 0 Å². The van der Waals surface area contributed by atoms with Crippen LogP contribution in [0, 0.1) is 0 Å². The van der Waals surface area contributed by atoms with Crippen LogP contribution in [0.5, 0.6) is 5.75 Å². The molecule has 9 heteroatoms. The van der Waals surface area contributed by atoms with Crippen molar-refractivity contribution in [2.45, 2.75) is 19.4 Å². The zero-order chi connectivity index (χ0) is 19.2.